The van der Waals surface area contributed by atoms with Crippen LogP contribution in [0.3, 0.4) is 0 Å². The van der Waals surface area contributed by atoms with Crippen LogP contribution in [-0.2, 0) is 0 Å². The van der Waals surface area contributed by atoms with Gasteiger partial charge in [0.2, 0.25) is 0 Å². The predicted molar refractivity (Wildman–Crippen MR) is 50.6 cm³/mol. The van der Waals surface area contributed by atoms with Gasteiger partial charge in [0, 0.05) is 18.5 Å². The molecule has 1 aromatic heterocycles. The second kappa shape index (κ2) is 3.50. The van der Waals surface area contributed by atoms with Crippen molar-refractivity contribution < 1.29 is 4.52 Å². The number of nitrogens with one attached hydrogen (secondary N) is 1. The van der Waals surface area contributed by atoms with Crippen LogP contribution in [0.25, 0.3) is 0 Å². The zero-order valence-corrected chi connectivity index (χ0v) is 8.21. The van der Waals surface area contributed by atoms with Crippen LogP contribution in [-0.4, -0.2) is 18.7 Å². The molecule has 2 rings (SSSR count). The largest absolute Gasteiger partial charge is 0.361 e. The number of likely N-dealkylation sites (N-methyl/N-ethyl adjacent to an activating group) is 1. The van der Waals surface area contributed by atoms with Crippen LogP contribution >= 0.6 is 0 Å². The Hall–Kier alpha value is -0.830. The lowest BCUT2D eigenvalue weighted by Gasteiger charge is -2.11. The van der Waals surface area contributed by atoms with Crippen LogP contribution in [0.15, 0.2) is 10.6 Å². The van der Waals surface area contributed by atoms with Gasteiger partial charge in [0.25, 0.3) is 0 Å². The molecule has 1 aliphatic carbocycles. The fraction of sp³-hybridized carbons (Fsp3) is 0.700. The number of hydrogen-bond acceptors (Lipinski definition) is 3. The van der Waals surface area contributed by atoms with E-state index in [1.807, 2.05) is 14.0 Å². The molecule has 3 nitrogen and oxygen atoms in total. The van der Waals surface area contributed by atoms with Gasteiger partial charge in [-0.25, -0.2) is 0 Å². The standard InChI is InChI=1S/C10H16N2O/c1-7-5-10(12-13-7)9(6-11-2)8-3-4-8/h5,8-9,11H,3-4,6H2,1-2H3. The third kappa shape index (κ3) is 1.91. The van der Waals surface area contributed by atoms with Crippen molar-refractivity contribution in [2.45, 2.75) is 25.7 Å². The predicted octanol–water partition coefficient (Wildman–Crippen LogP) is 1.70. The minimum absolute atomic E-state index is 0.558. The monoisotopic (exact) mass is 180 g/mol. The molecule has 1 aromatic rings. The van der Waals surface area contributed by atoms with Crippen LogP contribution < -0.4 is 5.32 Å². The van der Waals surface area contributed by atoms with E-state index in [-0.39, 0.29) is 0 Å². The van der Waals surface area contributed by atoms with Gasteiger partial charge in [-0.2, -0.15) is 0 Å². The first kappa shape index (κ1) is 8.75. The molecule has 1 atom stereocenters. The first-order chi connectivity index (χ1) is 6.31. The van der Waals surface area contributed by atoms with Gasteiger partial charge in [-0.15, -0.1) is 0 Å². The van der Waals surface area contributed by atoms with Gasteiger partial charge in [-0.1, -0.05) is 5.16 Å². The van der Waals surface area contributed by atoms with Crippen molar-refractivity contribution in [2.75, 3.05) is 13.6 Å². The SMILES string of the molecule is CNCC(c1cc(C)on1)C1CC1. The minimum Gasteiger partial charge on any atom is -0.361 e. The lowest BCUT2D eigenvalue weighted by molar-refractivity contribution is 0.380. The van der Waals surface area contributed by atoms with Crippen molar-refractivity contribution in [1.82, 2.24) is 10.5 Å². The highest BCUT2D eigenvalue weighted by atomic mass is 16.5. The highest BCUT2D eigenvalue weighted by molar-refractivity contribution is 5.13. The Bertz CT molecular complexity index is 278. The summed E-state index contributed by atoms with van der Waals surface area (Å²) < 4.78 is 5.09. The first-order valence-electron chi connectivity index (χ1n) is 4.89. The van der Waals surface area contributed by atoms with E-state index in [0.29, 0.717) is 5.92 Å². The lowest BCUT2D eigenvalue weighted by atomic mass is 10.00. The molecule has 0 aliphatic heterocycles. The molecule has 72 valence electrons. The Morgan fingerprint density at radius 3 is 2.92 bits per heavy atom. The number of aromatic nitrogens is 1. The first-order valence-corrected chi connectivity index (χ1v) is 4.89. The van der Waals surface area contributed by atoms with E-state index >= 15 is 0 Å². The van der Waals surface area contributed by atoms with Crippen molar-refractivity contribution in [3.05, 3.63) is 17.5 Å². The second-order valence-electron chi connectivity index (χ2n) is 3.86. The normalized spacial score (nSPS) is 18.9. The summed E-state index contributed by atoms with van der Waals surface area (Å²) in [6.07, 6.45) is 2.69. The van der Waals surface area contributed by atoms with Crippen LogP contribution in [0, 0.1) is 12.8 Å². The summed E-state index contributed by atoms with van der Waals surface area (Å²) in [5.74, 6) is 2.30. The maximum atomic E-state index is 5.09. The van der Waals surface area contributed by atoms with Crippen molar-refractivity contribution >= 4 is 0 Å². The zero-order valence-electron chi connectivity index (χ0n) is 8.21. The highest BCUT2D eigenvalue weighted by Gasteiger charge is 2.33. The fourth-order valence-corrected chi connectivity index (χ4v) is 1.79. The molecular weight excluding hydrogens is 164 g/mol. The Morgan fingerprint density at radius 1 is 1.69 bits per heavy atom. The molecule has 1 N–H and O–H groups in total. The minimum atomic E-state index is 0.558. The summed E-state index contributed by atoms with van der Waals surface area (Å²) in [7, 11) is 1.99. The Balaban J connectivity index is 2.10. The average Bonchev–Trinajstić information content (AvgIpc) is 2.85. The van der Waals surface area contributed by atoms with Gasteiger partial charge in [0.1, 0.15) is 5.76 Å². The number of rotatable bonds is 4. The van der Waals surface area contributed by atoms with Gasteiger partial charge < -0.3 is 9.84 Å². The summed E-state index contributed by atoms with van der Waals surface area (Å²) in [6, 6.07) is 2.06. The molecule has 0 saturated heterocycles. The Labute approximate surface area is 78.5 Å². The summed E-state index contributed by atoms with van der Waals surface area (Å²) in [6.45, 7) is 2.95. The lowest BCUT2D eigenvalue weighted by Crippen LogP contribution is -2.18. The Morgan fingerprint density at radius 2 is 2.46 bits per heavy atom. The highest BCUT2D eigenvalue weighted by Crippen LogP contribution is 2.41. The fourth-order valence-electron chi connectivity index (χ4n) is 1.79. The van der Waals surface area contributed by atoms with Gasteiger partial charge in [0.15, 0.2) is 0 Å². The zero-order chi connectivity index (χ0) is 9.26. The molecule has 0 bridgehead atoms. The summed E-state index contributed by atoms with van der Waals surface area (Å²) >= 11 is 0. The number of aryl methyl sites for hydroxylation is 1. The summed E-state index contributed by atoms with van der Waals surface area (Å²) in [5, 5.41) is 7.30. The van der Waals surface area contributed by atoms with Gasteiger partial charge >= 0.3 is 0 Å². The van der Waals surface area contributed by atoms with Crippen molar-refractivity contribution in [3.8, 4) is 0 Å². The molecule has 1 saturated carbocycles. The van der Waals surface area contributed by atoms with Crippen molar-refractivity contribution in [1.29, 1.82) is 0 Å². The molecule has 0 radical (unpaired) electrons. The van der Waals surface area contributed by atoms with E-state index in [9.17, 15) is 0 Å². The van der Waals surface area contributed by atoms with E-state index in [1.54, 1.807) is 0 Å². The van der Waals surface area contributed by atoms with Crippen LogP contribution in [0.4, 0.5) is 0 Å². The van der Waals surface area contributed by atoms with E-state index in [0.717, 1.165) is 23.9 Å². The third-order valence-electron chi connectivity index (χ3n) is 2.64. The molecule has 1 aliphatic rings. The number of nitrogens with zero attached hydrogens (tertiary/aromatic N) is 1. The molecule has 1 unspecified atom stereocenters. The van der Waals surface area contributed by atoms with Crippen LogP contribution in [0.1, 0.15) is 30.2 Å². The maximum Gasteiger partial charge on any atom is 0.133 e. The second-order valence-corrected chi connectivity index (χ2v) is 3.86. The molecule has 13 heavy (non-hydrogen) atoms. The average molecular weight is 180 g/mol. The van der Waals surface area contributed by atoms with Gasteiger partial charge in [0.05, 0.1) is 5.69 Å². The van der Waals surface area contributed by atoms with Crippen molar-refractivity contribution in [3.63, 3.8) is 0 Å². The van der Waals surface area contributed by atoms with E-state index in [4.69, 9.17) is 4.52 Å². The van der Waals surface area contributed by atoms with E-state index in [1.165, 1.54) is 12.8 Å². The van der Waals surface area contributed by atoms with E-state index in [2.05, 4.69) is 16.5 Å². The molecule has 0 spiro atoms. The van der Waals surface area contributed by atoms with Crippen molar-refractivity contribution in [2.24, 2.45) is 5.92 Å². The molecule has 0 amide bonds. The quantitative estimate of drug-likeness (QED) is 0.766. The Kier molecular flexibility index (Phi) is 2.36. The molecule has 0 aromatic carbocycles. The number of hydrogen-bond donors (Lipinski definition) is 1. The topological polar surface area (TPSA) is 38.1 Å². The van der Waals surface area contributed by atoms with Gasteiger partial charge in [-0.05, 0) is 32.7 Å². The summed E-state index contributed by atoms with van der Waals surface area (Å²) in [4.78, 5) is 0. The molecular formula is C10H16N2O. The third-order valence-corrected chi connectivity index (χ3v) is 2.64. The van der Waals surface area contributed by atoms with Crippen LogP contribution in [0.5, 0.6) is 0 Å². The molecule has 3 heteroatoms. The maximum absolute atomic E-state index is 5.09. The van der Waals surface area contributed by atoms with E-state index < -0.39 is 0 Å². The van der Waals surface area contributed by atoms with Crippen LogP contribution in [0.2, 0.25) is 0 Å². The molecule has 1 heterocycles. The summed E-state index contributed by atoms with van der Waals surface area (Å²) in [5.41, 5.74) is 1.12. The smallest absolute Gasteiger partial charge is 0.133 e. The molecule has 1 fully saturated rings. The van der Waals surface area contributed by atoms with Gasteiger partial charge in [-0.3, -0.25) is 0 Å².